The van der Waals surface area contributed by atoms with Crippen LogP contribution in [0.25, 0.3) is 0 Å². The molecule has 0 aliphatic carbocycles. The van der Waals surface area contributed by atoms with Crippen LogP contribution in [-0.4, -0.2) is 63.3 Å². The van der Waals surface area contributed by atoms with E-state index in [1.165, 1.54) is 4.88 Å². The third-order valence-corrected chi connectivity index (χ3v) is 5.69. The van der Waals surface area contributed by atoms with Crippen molar-refractivity contribution in [2.75, 3.05) is 46.4 Å². The van der Waals surface area contributed by atoms with E-state index in [1.807, 2.05) is 18.4 Å². The summed E-state index contributed by atoms with van der Waals surface area (Å²) in [5, 5.41) is 9.10. The zero-order valence-electron chi connectivity index (χ0n) is 15.8. The zero-order chi connectivity index (χ0) is 17.4. The van der Waals surface area contributed by atoms with Gasteiger partial charge in [0.1, 0.15) is 0 Å². The van der Waals surface area contributed by atoms with Gasteiger partial charge in [0, 0.05) is 50.1 Å². The molecule has 25 heavy (non-hydrogen) atoms. The lowest BCUT2D eigenvalue weighted by molar-refractivity contribution is 0.00752. The van der Waals surface area contributed by atoms with E-state index in [0.29, 0.717) is 17.9 Å². The summed E-state index contributed by atoms with van der Waals surface area (Å²) in [5.41, 5.74) is 0. The molecule has 0 radical (unpaired) electrons. The number of halogens is 1. The number of nitrogens with zero attached hydrogens (tertiary/aromatic N) is 2. The minimum atomic E-state index is 0. The van der Waals surface area contributed by atoms with Crippen LogP contribution in [0.15, 0.2) is 22.5 Å². The Labute approximate surface area is 173 Å². The van der Waals surface area contributed by atoms with E-state index in [0.717, 1.165) is 45.4 Å². The smallest absolute Gasteiger partial charge is 0.191 e. The van der Waals surface area contributed by atoms with Gasteiger partial charge in [-0.1, -0.05) is 26.8 Å². The quantitative estimate of drug-likeness (QED) is 0.358. The van der Waals surface area contributed by atoms with E-state index < -0.39 is 0 Å². The molecule has 0 amide bonds. The van der Waals surface area contributed by atoms with E-state index in [2.05, 4.69) is 58.8 Å². The highest BCUT2D eigenvalue weighted by Gasteiger charge is 2.23. The molecule has 0 spiro atoms. The Hall–Kier alpha value is -0.380. The van der Waals surface area contributed by atoms with Gasteiger partial charge in [-0.25, -0.2) is 0 Å². The topological polar surface area (TPSA) is 48.9 Å². The van der Waals surface area contributed by atoms with Crippen LogP contribution in [0.3, 0.4) is 0 Å². The van der Waals surface area contributed by atoms with Gasteiger partial charge in [-0.2, -0.15) is 0 Å². The van der Waals surface area contributed by atoms with Gasteiger partial charge in [0.15, 0.2) is 5.96 Å². The largest absolute Gasteiger partial charge is 0.379 e. The molecule has 2 N–H and O–H groups in total. The molecular formula is C18H33IN4OS. The summed E-state index contributed by atoms with van der Waals surface area (Å²) in [6.07, 6.45) is 0. The number of aliphatic imine (C=N–C) groups is 1. The fourth-order valence-corrected chi connectivity index (χ4v) is 3.83. The number of hydrogen-bond donors (Lipinski definition) is 2. The summed E-state index contributed by atoms with van der Waals surface area (Å²) in [6.45, 7) is 12.3. The summed E-state index contributed by atoms with van der Waals surface area (Å²) < 4.78 is 5.48. The van der Waals surface area contributed by atoms with E-state index in [-0.39, 0.29) is 24.0 Å². The van der Waals surface area contributed by atoms with Crippen molar-refractivity contribution < 1.29 is 4.74 Å². The third kappa shape index (κ3) is 7.40. The third-order valence-electron chi connectivity index (χ3n) is 4.59. The van der Waals surface area contributed by atoms with Crippen molar-refractivity contribution in [3.63, 3.8) is 0 Å². The Kier molecular flexibility index (Phi) is 11.0. The van der Waals surface area contributed by atoms with Crippen molar-refractivity contribution >= 4 is 41.3 Å². The maximum atomic E-state index is 5.48. The fraction of sp³-hybridized carbons (Fsp3) is 0.722. The molecule has 1 aliphatic rings. The maximum absolute atomic E-state index is 5.48. The number of thiophene rings is 1. The van der Waals surface area contributed by atoms with Crippen molar-refractivity contribution in [1.82, 2.24) is 15.5 Å². The van der Waals surface area contributed by atoms with Crippen LogP contribution in [0, 0.1) is 5.92 Å². The van der Waals surface area contributed by atoms with Crippen molar-refractivity contribution in [3.05, 3.63) is 22.4 Å². The molecular weight excluding hydrogens is 447 g/mol. The van der Waals surface area contributed by atoms with Crippen LogP contribution in [0.5, 0.6) is 0 Å². The van der Waals surface area contributed by atoms with Gasteiger partial charge in [0.05, 0.1) is 13.2 Å². The average Bonchev–Trinajstić information content (AvgIpc) is 3.13. The highest BCUT2D eigenvalue weighted by atomic mass is 127. The second-order valence-electron chi connectivity index (χ2n) is 6.71. The van der Waals surface area contributed by atoms with Gasteiger partial charge in [0.25, 0.3) is 0 Å². The Balaban J connectivity index is 0.00000312. The molecule has 7 heteroatoms. The molecule has 5 nitrogen and oxygen atoms in total. The van der Waals surface area contributed by atoms with E-state index in [1.54, 1.807) is 0 Å². The number of rotatable bonds is 7. The molecule has 144 valence electrons. The van der Waals surface area contributed by atoms with E-state index in [9.17, 15) is 0 Å². The maximum Gasteiger partial charge on any atom is 0.191 e. The van der Waals surface area contributed by atoms with E-state index in [4.69, 9.17) is 4.74 Å². The summed E-state index contributed by atoms with van der Waals surface area (Å²) >= 11 is 1.81. The summed E-state index contributed by atoms with van der Waals surface area (Å²) in [4.78, 5) is 8.31. The number of morpholine rings is 1. The number of guanidine groups is 1. The average molecular weight is 480 g/mol. The Morgan fingerprint density at radius 1 is 1.24 bits per heavy atom. The van der Waals surface area contributed by atoms with Gasteiger partial charge in [0.2, 0.25) is 0 Å². The predicted molar refractivity (Wildman–Crippen MR) is 119 cm³/mol. The summed E-state index contributed by atoms with van der Waals surface area (Å²) in [7, 11) is 1.84. The monoisotopic (exact) mass is 480 g/mol. The molecule has 2 rings (SSSR count). The molecule has 1 aromatic heterocycles. The van der Waals surface area contributed by atoms with Crippen LogP contribution in [0.2, 0.25) is 0 Å². The van der Waals surface area contributed by atoms with Crippen molar-refractivity contribution in [3.8, 4) is 0 Å². The van der Waals surface area contributed by atoms with Gasteiger partial charge in [-0.15, -0.1) is 35.3 Å². The Morgan fingerprint density at radius 3 is 2.48 bits per heavy atom. The van der Waals surface area contributed by atoms with Gasteiger partial charge in [-0.05, 0) is 17.4 Å². The number of ether oxygens (including phenoxy) is 1. The molecule has 1 fully saturated rings. The first kappa shape index (κ1) is 22.7. The Morgan fingerprint density at radius 2 is 1.92 bits per heavy atom. The molecule has 1 saturated heterocycles. The van der Waals surface area contributed by atoms with Gasteiger partial charge in [-0.3, -0.25) is 9.89 Å². The number of nitrogens with one attached hydrogen (secondary N) is 2. The molecule has 1 aliphatic heterocycles. The molecule has 2 heterocycles. The number of hydrogen-bond acceptors (Lipinski definition) is 4. The van der Waals surface area contributed by atoms with E-state index >= 15 is 0 Å². The SMILES string of the molecule is CN=C(NCC(C)c1cccs1)NCC(C(C)C)N1CCOCC1.I. The van der Waals surface area contributed by atoms with Gasteiger partial charge < -0.3 is 15.4 Å². The minimum Gasteiger partial charge on any atom is -0.379 e. The van der Waals surface area contributed by atoms with Crippen LogP contribution >= 0.6 is 35.3 Å². The minimum absolute atomic E-state index is 0. The van der Waals surface area contributed by atoms with Crippen LogP contribution < -0.4 is 10.6 Å². The zero-order valence-corrected chi connectivity index (χ0v) is 19.0. The first-order chi connectivity index (χ1) is 11.6. The molecule has 0 bridgehead atoms. The van der Waals surface area contributed by atoms with Crippen LogP contribution in [-0.2, 0) is 4.74 Å². The molecule has 0 aromatic carbocycles. The summed E-state index contributed by atoms with van der Waals surface area (Å²) in [6, 6.07) is 4.81. The lowest BCUT2D eigenvalue weighted by Crippen LogP contribution is -2.52. The lowest BCUT2D eigenvalue weighted by atomic mass is 10.0. The Bertz CT molecular complexity index is 489. The fourth-order valence-electron chi connectivity index (χ4n) is 3.04. The van der Waals surface area contributed by atoms with Gasteiger partial charge >= 0.3 is 0 Å². The molecule has 2 unspecified atom stereocenters. The highest BCUT2D eigenvalue weighted by molar-refractivity contribution is 14.0. The first-order valence-corrected chi connectivity index (χ1v) is 9.79. The molecule has 2 atom stereocenters. The lowest BCUT2D eigenvalue weighted by Gasteiger charge is -2.37. The van der Waals surface area contributed by atoms with Crippen molar-refractivity contribution in [1.29, 1.82) is 0 Å². The first-order valence-electron chi connectivity index (χ1n) is 8.91. The second-order valence-corrected chi connectivity index (χ2v) is 7.69. The van der Waals surface area contributed by atoms with Crippen LogP contribution in [0.1, 0.15) is 31.6 Å². The second kappa shape index (κ2) is 12.1. The van der Waals surface area contributed by atoms with Crippen LogP contribution in [0.4, 0.5) is 0 Å². The molecule has 1 aromatic rings. The van der Waals surface area contributed by atoms with Crippen molar-refractivity contribution in [2.24, 2.45) is 10.9 Å². The van der Waals surface area contributed by atoms with Crippen molar-refractivity contribution in [2.45, 2.75) is 32.7 Å². The highest BCUT2D eigenvalue weighted by Crippen LogP contribution is 2.19. The normalized spacial score (nSPS) is 18.5. The molecule has 0 saturated carbocycles. The predicted octanol–water partition coefficient (Wildman–Crippen LogP) is 2.99. The summed E-state index contributed by atoms with van der Waals surface area (Å²) in [5.74, 6) is 1.97. The standard InChI is InChI=1S/C18H32N4OS.HI/c1-14(2)16(22-7-9-23-10-8-22)13-21-18(19-4)20-12-15(3)17-6-5-11-24-17;/h5-6,11,14-16H,7-10,12-13H2,1-4H3,(H2,19,20,21);1H.